The van der Waals surface area contributed by atoms with E-state index >= 15 is 0 Å². The summed E-state index contributed by atoms with van der Waals surface area (Å²) in [5.74, 6) is 0.708. The Morgan fingerprint density at radius 3 is 2.52 bits per heavy atom. The van der Waals surface area contributed by atoms with Crippen LogP contribution in [0.25, 0.3) is 0 Å². The van der Waals surface area contributed by atoms with Crippen molar-refractivity contribution in [3.05, 3.63) is 57.8 Å². The third-order valence-electron chi connectivity index (χ3n) is 3.18. The average molecular weight is 323 g/mol. The highest BCUT2D eigenvalue weighted by Crippen LogP contribution is 2.23. The van der Waals surface area contributed by atoms with Gasteiger partial charge in [-0.05, 0) is 30.2 Å². The van der Waals surface area contributed by atoms with Crippen LogP contribution in [-0.4, -0.2) is 23.6 Å². The molecule has 8 heteroatoms. The van der Waals surface area contributed by atoms with Gasteiger partial charge in [0.2, 0.25) is 0 Å². The number of ether oxygens (including phenoxy) is 1. The molecule has 6 nitrogen and oxygen atoms in total. The van der Waals surface area contributed by atoms with Crippen LogP contribution in [0.5, 0.6) is 5.75 Å². The van der Waals surface area contributed by atoms with Gasteiger partial charge >= 0.3 is 6.61 Å². The van der Waals surface area contributed by atoms with Crippen molar-refractivity contribution in [2.75, 3.05) is 11.9 Å². The molecule has 1 aromatic carbocycles. The first-order valence-electron chi connectivity index (χ1n) is 6.72. The van der Waals surface area contributed by atoms with E-state index in [1.54, 1.807) is 26.1 Å². The van der Waals surface area contributed by atoms with E-state index < -0.39 is 11.5 Å². The predicted octanol–water partition coefficient (Wildman–Crippen LogP) is 3.54. The molecule has 0 radical (unpaired) electrons. The highest BCUT2D eigenvalue weighted by atomic mass is 19.3. The molecule has 1 aromatic heterocycles. The van der Waals surface area contributed by atoms with E-state index in [2.05, 4.69) is 9.72 Å². The zero-order valence-electron chi connectivity index (χ0n) is 12.6. The highest BCUT2D eigenvalue weighted by Gasteiger charge is 2.13. The van der Waals surface area contributed by atoms with Gasteiger partial charge in [0.25, 0.3) is 5.69 Å². The van der Waals surface area contributed by atoms with E-state index in [1.165, 1.54) is 24.4 Å². The Morgan fingerprint density at radius 1 is 1.35 bits per heavy atom. The Morgan fingerprint density at radius 2 is 2.00 bits per heavy atom. The summed E-state index contributed by atoms with van der Waals surface area (Å²) in [7, 11) is 1.80. The van der Waals surface area contributed by atoms with Gasteiger partial charge in [0.05, 0.1) is 4.92 Å². The molecule has 0 N–H and O–H groups in total. The second kappa shape index (κ2) is 6.99. The van der Waals surface area contributed by atoms with Gasteiger partial charge in [0.1, 0.15) is 17.8 Å². The van der Waals surface area contributed by atoms with E-state index in [9.17, 15) is 18.9 Å². The van der Waals surface area contributed by atoms with E-state index in [1.807, 2.05) is 4.90 Å². The molecule has 0 amide bonds. The summed E-state index contributed by atoms with van der Waals surface area (Å²) in [5, 5.41) is 10.7. The van der Waals surface area contributed by atoms with Crippen LogP contribution < -0.4 is 9.64 Å². The summed E-state index contributed by atoms with van der Waals surface area (Å²) >= 11 is 0. The number of hydrogen-bond donors (Lipinski definition) is 0. The third-order valence-corrected chi connectivity index (χ3v) is 3.18. The largest absolute Gasteiger partial charge is 0.435 e. The maximum absolute atomic E-state index is 12.1. The number of aromatic nitrogens is 1. The SMILES string of the molecule is Cc1cc([N+](=O)[O-])cnc1N(C)Cc1ccc(OC(F)F)cc1. The molecule has 0 bridgehead atoms. The van der Waals surface area contributed by atoms with Crippen LogP contribution in [0.1, 0.15) is 11.1 Å². The number of anilines is 1. The first-order valence-corrected chi connectivity index (χ1v) is 6.72. The van der Waals surface area contributed by atoms with Crippen molar-refractivity contribution < 1.29 is 18.4 Å². The number of rotatable bonds is 6. The van der Waals surface area contributed by atoms with Gasteiger partial charge < -0.3 is 9.64 Å². The number of benzene rings is 1. The van der Waals surface area contributed by atoms with Crippen molar-refractivity contribution >= 4 is 11.5 Å². The first kappa shape index (κ1) is 16.6. The highest BCUT2D eigenvalue weighted by molar-refractivity contribution is 5.50. The summed E-state index contributed by atoms with van der Waals surface area (Å²) in [6.45, 7) is -0.637. The Kier molecular flexibility index (Phi) is 5.05. The Balaban J connectivity index is 2.09. The standard InChI is InChI=1S/C15H15F2N3O3/c1-10-7-12(20(21)22)8-18-14(10)19(2)9-11-3-5-13(6-4-11)23-15(16)17/h3-8,15H,9H2,1-2H3. The van der Waals surface area contributed by atoms with Crippen LogP contribution in [-0.2, 0) is 6.54 Å². The molecule has 0 aliphatic heterocycles. The number of nitrogens with zero attached hydrogens (tertiary/aromatic N) is 3. The van der Waals surface area contributed by atoms with Gasteiger partial charge in [-0.15, -0.1) is 0 Å². The second-order valence-electron chi connectivity index (χ2n) is 4.97. The molecule has 0 spiro atoms. The first-order chi connectivity index (χ1) is 10.9. The molecule has 0 aliphatic carbocycles. The number of halogens is 2. The smallest absolute Gasteiger partial charge is 0.387 e. The monoisotopic (exact) mass is 323 g/mol. The summed E-state index contributed by atoms with van der Waals surface area (Å²) in [6.07, 6.45) is 1.21. The lowest BCUT2D eigenvalue weighted by Crippen LogP contribution is -2.18. The van der Waals surface area contributed by atoms with E-state index in [0.29, 0.717) is 17.9 Å². The van der Waals surface area contributed by atoms with Crippen LogP contribution in [0.15, 0.2) is 36.5 Å². The Hall–Kier alpha value is -2.77. The molecule has 2 rings (SSSR count). The van der Waals surface area contributed by atoms with Gasteiger partial charge in [-0.3, -0.25) is 10.1 Å². The molecule has 2 aromatic rings. The third kappa shape index (κ3) is 4.35. The lowest BCUT2D eigenvalue weighted by Gasteiger charge is -2.20. The van der Waals surface area contributed by atoms with Crippen LogP contribution in [0.4, 0.5) is 20.3 Å². The van der Waals surface area contributed by atoms with Crippen molar-refractivity contribution in [3.8, 4) is 5.75 Å². The fourth-order valence-electron chi connectivity index (χ4n) is 2.18. The van der Waals surface area contributed by atoms with E-state index in [4.69, 9.17) is 0 Å². The number of nitro groups is 1. The predicted molar refractivity (Wildman–Crippen MR) is 80.8 cm³/mol. The minimum Gasteiger partial charge on any atom is -0.435 e. The molecule has 23 heavy (non-hydrogen) atoms. The number of pyridine rings is 1. The van der Waals surface area contributed by atoms with Crippen molar-refractivity contribution in [2.45, 2.75) is 20.1 Å². The minimum absolute atomic E-state index is 0.0619. The average Bonchev–Trinajstić information content (AvgIpc) is 2.48. The van der Waals surface area contributed by atoms with E-state index in [-0.39, 0.29) is 11.4 Å². The summed E-state index contributed by atoms with van der Waals surface area (Å²) in [5.41, 5.74) is 1.49. The number of alkyl halides is 2. The summed E-state index contributed by atoms with van der Waals surface area (Å²) in [4.78, 5) is 16.2. The maximum atomic E-state index is 12.1. The van der Waals surface area contributed by atoms with Crippen molar-refractivity contribution in [3.63, 3.8) is 0 Å². The number of aryl methyl sites for hydroxylation is 1. The van der Waals surface area contributed by atoms with Crippen molar-refractivity contribution in [2.24, 2.45) is 0 Å². The molecular formula is C15H15F2N3O3. The Bertz CT molecular complexity index is 693. The topological polar surface area (TPSA) is 68.5 Å². The van der Waals surface area contributed by atoms with E-state index in [0.717, 1.165) is 5.56 Å². The number of hydrogen-bond acceptors (Lipinski definition) is 5. The molecule has 1 heterocycles. The van der Waals surface area contributed by atoms with Gasteiger partial charge in [-0.25, -0.2) is 4.98 Å². The quantitative estimate of drug-likeness (QED) is 0.601. The Labute approximate surface area is 131 Å². The van der Waals surface area contributed by atoms with Gasteiger partial charge in [0, 0.05) is 19.7 Å². The molecule has 0 atom stereocenters. The summed E-state index contributed by atoms with van der Waals surface area (Å²) < 4.78 is 28.5. The van der Waals surface area contributed by atoms with Crippen molar-refractivity contribution in [1.82, 2.24) is 4.98 Å². The van der Waals surface area contributed by atoms with Crippen LogP contribution in [0.2, 0.25) is 0 Å². The molecule has 122 valence electrons. The van der Waals surface area contributed by atoms with Gasteiger partial charge in [-0.2, -0.15) is 8.78 Å². The van der Waals surface area contributed by atoms with Crippen LogP contribution in [0.3, 0.4) is 0 Å². The fraction of sp³-hybridized carbons (Fsp3) is 0.267. The molecule has 0 aliphatic rings. The fourth-order valence-corrected chi connectivity index (χ4v) is 2.18. The normalized spacial score (nSPS) is 10.7. The minimum atomic E-state index is -2.85. The van der Waals surface area contributed by atoms with Gasteiger partial charge in [-0.1, -0.05) is 12.1 Å². The zero-order valence-corrected chi connectivity index (χ0v) is 12.6. The summed E-state index contributed by atoms with van der Waals surface area (Å²) in [6, 6.07) is 7.74. The van der Waals surface area contributed by atoms with Crippen LogP contribution >= 0.6 is 0 Å². The molecule has 0 saturated heterocycles. The molecule has 0 unspecified atom stereocenters. The van der Waals surface area contributed by atoms with Crippen molar-refractivity contribution in [1.29, 1.82) is 0 Å². The molecule has 0 saturated carbocycles. The molecular weight excluding hydrogens is 308 g/mol. The van der Waals surface area contributed by atoms with Gasteiger partial charge in [0.15, 0.2) is 0 Å². The molecule has 0 fully saturated rings. The lowest BCUT2D eigenvalue weighted by atomic mass is 10.2. The maximum Gasteiger partial charge on any atom is 0.387 e. The second-order valence-corrected chi connectivity index (χ2v) is 4.97. The lowest BCUT2D eigenvalue weighted by molar-refractivity contribution is -0.385. The van der Waals surface area contributed by atoms with Crippen LogP contribution in [0, 0.1) is 17.0 Å². The zero-order chi connectivity index (χ0) is 17.0.